The van der Waals surface area contributed by atoms with Crippen molar-refractivity contribution in [2.24, 2.45) is 0 Å². The highest BCUT2D eigenvalue weighted by Crippen LogP contribution is 2.18. The van der Waals surface area contributed by atoms with Crippen LogP contribution >= 0.6 is 0 Å². The Balaban J connectivity index is 2.17. The lowest BCUT2D eigenvalue weighted by molar-refractivity contribution is -0.384. The zero-order valence-electron chi connectivity index (χ0n) is 13.5. The third kappa shape index (κ3) is 4.67. The summed E-state index contributed by atoms with van der Waals surface area (Å²) >= 11 is 0. The molecule has 0 spiro atoms. The van der Waals surface area contributed by atoms with Crippen molar-refractivity contribution < 1.29 is 14.5 Å². The van der Waals surface area contributed by atoms with Crippen LogP contribution in [0.2, 0.25) is 0 Å². The molecule has 0 atom stereocenters. The number of nitro groups is 1. The minimum Gasteiger partial charge on any atom is -0.466 e. The third-order valence-corrected chi connectivity index (χ3v) is 3.41. The maximum absolute atomic E-state index is 11.9. The minimum absolute atomic E-state index is 0.0119. The van der Waals surface area contributed by atoms with E-state index in [1.807, 2.05) is 31.2 Å². The Morgan fingerprint density at radius 1 is 1.25 bits per heavy atom. The average molecular weight is 326 g/mol. The predicted molar refractivity (Wildman–Crippen MR) is 92.8 cm³/mol. The fourth-order valence-corrected chi connectivity index (χ4v) is 2.10. The van der Waals surface area contributed by atoms with Crippen LogP contribution in [0.4, 0.5) is 11.4 Å². The molecule has 0 heterocycles. The molecule has 0 unspecified atom stereocenters. The van der Waals surface area contributed by atoms with Crippen LogP contribution in [0.3, 0.4) is 0 Å². The zero-order chi connectivity index (χ0) is 17.5. The van der Waals surface area contributed by atoms with Gasteiger partial charge in [-0.25, -0.2) is 4.79 Å². The number of non-ortho nitro benzene ring substituents is 1. The summed E-state index contributed by atoms with van der Waals surface area (Å²) in [6.45, 7) is 2.18. The summed E-state index contributed by atoms with van der Waals surface area (Å²) in [5, 5.41) is 13.8. The van der Waals surface area contributed by atoms with Crippen LogP contribution in [-0.4, -0.2) is 24.5 Å². The third-order valence-electron chi connectivity index (χ3n) is 3.41. The number of nitrogens with one attached hydrogen (secondary N) is 1. The van der Waals surface area contributed by atoms with E-state index in [4.69, 9.17) is 4.74 Å². The maximum Gasteiger partial charge on any atom is 0.335 e. The number of rotatable bonds is 6. The number of nitrogens with zero attached hydrogens (tertiary/aromatic N) is 1. The van der Waals surface area contributed by atoms with E-state index in [0.29, 0.717) is 11.3 Å². The van der Waals surface area contributed by atoms with E-state index in [9.17, 15) is 14.9 Å². The Hall–Kier alpha value is -3.15. The van der Waals surface area contributed by atoms with Crippen molar-refractivity contribution in [3.63, 3.8) is 0 Å². The largest absolute Gasteiger partial charge is 0.466 e. The number of hydrogen-bond acceptors (Lipinski definition) is 5. The molecule has 2 rings (SSSR count). The first kappa shape index (κ1) is 17.2. The van der Waals surface area contributed by atoms with Gasteiger partial charge in [-0.05, 0) is 24.6 Å². The summed E-state index contributed by atoms with van der Waals surface area (Å²) in [6, 6.07) is 13.8. The van der Waals surface area contributed by atoms with Crippen LogP contribution in [0.5, 0.6) is 0 Å². The summed E-state index contributed by atoms with van der Waals surface area (Å²) in [5.74, 6) is -0.450. The van der Waals surface area contributed by atoms with E-state index in [2.05, 4.69) is 5.32 Å². The molecule has 0 aliphatic carbocycles. The van der Waals surface area contributed by atoms with Gasteiger partial charge >= 0.3 is 5.97 Å². The lowest BCUT2D eigenvalue weighted by Crippen LogP contribution is -2.14. The van der Waals surface area contributed by atoms with Crippen molar-refractivity contribution in [1.29, 1.82) is 0 Å². The Labute approximate surface area is 139 Å². The maximum atomic E-state index is 11.9. The molecule has 0 saturated heterocycles. The second kappa shape index (κ2) is 7.92. The monoisotopic (exact) mass is 326 g/mol. The predicted octanol–water partition coefficient (Wildman–Crippen LogP) is 3.57. The summed E-state index contributed by atoms with van der Waals surface area (Å²) in [5.41, 5.74) is 2.97. The number of nitro benzene ring substituents is 1. The Kier molecular flexibility index (Phi) is 5.68. The Bertz CT molecular complexity index is 767. The van der Waals surface area contributed by atoms with Gasteiger partial charge < -0.3 is 10.1 Å². The number of benzene rings is 2. The van der Waals surface area contributed by atoms with Crippen LogP contribution in [0, 0.1) is 17.0 Å². The number of methoxy groups -OCH3 is 1. The molecule has 24 heavy (non-hydrogen) atoms. The van der Waals surface area contributed by atoms with Gasteiger partial charge in [0.15, 0.2) is 0 Å². The SMILES string of the molecule is COC(=O)/C(=C/c1ccc(C)cc1)CNc1cccc([N+](=O)[O-])c1. The summed E-state index contributed by atoms with van der Waals surface area (Å²) in [7, 11) is 1.32. The molecule has 0 aliphatic rings. The zero-order valence-corrected chi connectivity index (χ0v) is 13.5. The number of ether oxygens (including phenoxy) is 1. The molecule has 0 aliphatic heterocycles. The molecule has 124 valence electrons. The summed E-state index contributed by atoms with van der Waals surface area (Å²) in [4.78, 5) is 22.3. The Morgan fingerprint density at radius 3 is 2.58 bits per heavy atom. The van der Waals surface area contributed by atoms with Crippen LogP contribution in [0.25, 0.3) is 6.08 Å². The molecule has 0 amide bonds. The molecule has 0 bridgehead atoms. The van der Waals surface area contributed by atoms with Gasteiger partial charge in [0.1, 0.15) is 0 Å². The molecule has 6 nitrogen and oxygen atoms in total. The second-order valence-electron chi connectivity index (χ2n) is 5.23. The fourth-order valence-electron chi connectivity index (χ4n) is 2.10. The van der Waals surface area contributed by atoms with Gasteiger partial charge in [-0.3, -0.25) is 10.1 Å². The van der Waals surface area contributed by atoms with Crippen molar-refractivity contribution in [3.05, 3.63) is 75.3 Å². The van der Waals surface area contributed by atoms with Gasteiger partial charge in [0.05, 0.1) is 17.6 Å². The Morgan fingerprint density at radius 2 is 1.96 bits per heavy atom. The number of carbonyl (C=O) groups excluding carboxylic acids is 1. The number of hydrogen-bond donors (Lipinski definition) is 1. The lowest BCUT2D eigenvalue weighted by Gasteiger charge is -2.09. The highest BCUT2D eigenvalue weighted by atomic mass is 16.6. The van der Waals surface area contributed by atoms with Crippen LogP contribution in [0.1, 0.15) is 11.1 Å². The minimum atomic E-state index is -0.464. The second-order valence-corrected chi connectivity index (χ2v) is 5.23. The molecule has 0 aromatic heterocycles. The van der Waals surface area contributed by atoms with Crippen molar-refractivity contribution in [3.8, 4) is 0 Å². The van der Waals surface area contributed by atoms with Crippen molar-refractivity contribution in [1.82, 2.24) is 0 Å². The molecule has 0 saturated carbocycles. The number of carbonyl (C=O) groups is 1. The molecule has 2 aromatic rings. The van der Waals surface area contributed by atoms with E-state index in [1.165, 1.54) is 19.2 Å². The smallest absolute Gasteiger partial charge is 0.335 e. The average Bonchev–Trinajstić information content (AvgIpc) is 2.59. The number of anilines is 1. The first-order valence-electron chi connectivity index (χ1n) is 7.33. The quantitative estimate of drug-likeness (QED) is 0.380. The number of esters is 1. The van der Waals surface area contributed by atoms with Gasteiger partial charge in [-0.2, -0.15) is 0 Å². The van der Waals surface area contributed by atoms with Gasteiger partial charge in [-0.1, -0.05) is 35.9 Å². The lowest BCUT2D eigenvalue weighted by atomic mass is 10.1. The molecule has 2 aromatic carbocycles. The van der Waals surface area contributed by atoms with Crippen molar-refractivity contribution in [2.45, 2.75) is 6.92 Å². The molecule has 0 radical (unpaired) electrons. The topological polar surface area (TPSA) is 81.5 Å². The standard InChI is InChI=1S/C18H18N2O4/c1-13-6-8-14(9-7-13)10-15(18(21)24-2)12-19-16-4-3-5-17(11-16)20(22)23/h3-11,19H,12H2,1-2H3/b15-10+. The summed E-state index contributed by atoms with van der Waals surface area (Å²) in [6.07, 6.45) is 1.73. The van der Waals surface area contributed by atoms with Gasteiger partial charge in [0.25, 0.3) is 5.69 Å². The van der Waals surface area contributed by atoms with Gasteiger partial charge in [-0.15, -0.1) is 0 Å². The van der Waals surface area contributed by atoms with E-state index >= 15 is 0 Å². The fraction of sp³-hybridized carbons (Fsp3) is 0.167. The van der Waals surface area contributed by atoms with Crippen LogP contribution in [-0.2, 0) is 9.53 Å². The molecule has 1 N–H and O–H groups in total. The summed E-state index contributed by atoms with van der Waals surface area (Å²) < 4.78 is 4.80. The van der Waals surface area contributed by atoms with Crippen molar-refractivity contribution >= 4 is 23.4 Å². The molecular weight excluding hydrogens is 308 g/mol. The van der Waals surface area contributed by atoms with E-state index in [-0.39, 0.29) is 12.2 Å². The van der Waals surface area contributed by atoms with Gasteiger partial charge in [0, 0.05) is 24.4 Å². The van der Waals surface area contributed by atoms with E-state index in [0.717, 1.165) is 11.1 Å². The van der Waals surface area contributed by atoms with E-state index in [1.54, 1.807) is 18.2 Å². The molecular formula is C18H18N2O4. The molecule has 6 heteroatoms. The van der Waals surface area contributed by atoms with Crippen LogP contribution < -0.4 is 5.32 Å². The van der Waals surface area contributed by atoms with Crippen molar-refractivity contribution in [2.75, 3.05) is 19.0 Å². The molecule has 0 fully saturated rings. The van der Waals surface area contributed by atoms with Gasteiger partial charge in [0.2, 0.25) is 0 Å². The first-order chi connectivity index (χ1) is 11.5. The van der Waals surface area contributed by atoms with Crippen LogP contribution in [0.15, 0.2) is 54.1 Å². The first-order valence-corrected chi connectivity index (χ1v) is 7.33. The highest BCUT2D eigenvalue weighted by molar-refractivity contribution is 5.94. The highest BCUT2D eigenvalue weighted by Gasteiger charge is 2.11. The van der Waals surface area contributed by atoms with E-state index < -0.39 is 10.9 Å². The normalized spacial score (nSPS) is 11.0. The number of aryl methyl sites for hydroxylation is 1.